The van der Waals surface area contributed by atoms with E-state index in [9.17, 15) is 4.79 Å². The Morgan fingerprint density at radius 1 is 0.958 bits per heavy atom. The number of piperazine rings is 1. The molecular formula is C19H21BrN2O2. The van der Waals surface area contributed by atoms with E-state index in [4.69, 9.17) is 4.74 Å². The molecule has 0 bridgehead atoms. The fraction of sp³-hybridized carbons (Fsp3) is 0.316. The first-order chi connectivity index (χ1) is 11.8. The van der Waals surface area contributed by atoms with Gasteiger partial charge in [0.2, 0.25) is 0 Å². The molecule has 1 aliphatic heterocycles. The standard InChI is InChI=1S/C19H21BrN2O2/c20-10-15-24-18-8-6-17(7-9-18)21-11-13-22(14-12-21)19(23)16-4-2-1-3-5-16/h1-9H,10-15H2. The van der Waals surface area contributed by atoms with Crippen LogP contribution in [0.5, 0.6) is 5.75 Å². The van der Waals surface area contributed by atoms with Crippen LogP contribution in [0.25, 0.3) is 0 Å². The van der Waals surface area contributed by atoms with E-state index in [1.807, 2.05) is 47.4 Å². The molecule has 1 aliphatic rings. The molecule has 1 fully saturated rings. The van der Waals surface area contributed by atoms with Crippen LogP contribution in [0.3, 0.4) is 0 Å². The number of hydrogen-bond acceptors (Lipinski definition) is 3. The second kappa shape index (κ2) is 8.20. The minimum atomic E-state index is 0.119. The summed E-state index contributed by atoms with van der Waals surface area (Å²) in [5.41, 5.74) is 1.94. The number of carbonyl (C=O) groups is 1. The number of ether oxygens (including phenoxy) is 1. The number of anilines is 1. The van der Waals surface area contributed by atoms with Crippen LogP contribution in [-0.2, 0) is 0 Å². The molecule has 24 heavy (non-hydrogen) atoms. The molecule has 0 N–H and O–H groups in total. The van der Waals surface area contributed by atoms with Gasteiger partial charge in [-0.25, -0.2) is 0 Å². The van der Waals surface area contributed by atoms with Gasteiger partial charge < -0.3 is 14.5 Å². The SMILES string of the molecule is O=C(c1ccccc1)N1CCN(c2ccc(OCCBr)cc2)CC1. The van der Waals surface area contributed by atoms with E-state index >= 15 is 0 Å². The van der Waals surface area contributed by atoms with Crippen LogP contribution in [0.2, 0.25) is 0 Å². The lowest BCUT2D eigenvalue weighted by Crippen LogP contribution is -2.48. The Hall–Kier alpha value is -2.01. The predicted molar refractivity (Wildman–Crippen MR) is 100 cm³/mol. The van der Waals surface area contributed by atoms with Gasteiger partial charge in [0, 0.05) is 42.8 Å². The molecule has 0 aromatic heterocycles. The largest absolute Gasteiger partial charge is 0.493 e. The highest BCUT2D eigenvalue weighted by Crippen LogP contribution is 2.21. The highest BCUT2D eigenvalue weighted by Gasteiger charge is 2.22. The first kappa shape index (κ1) is 16.8. The van der Waals surface area contributed by atoms with Gasteiger partial charge in [0.15, 0.2) is 0 Å². The fourth-order valence-electron chi connectivity index (χ4n) is 2.84. The monoisotopic (exact) mass is 388 g/mol. The Labute approximate surface area is 151 Å². The minimum absolute atomic E-state index is 0.119. The number of halogens is 1. The molecule has 3 rings (SSSR count). The third-order valence-electron chi connectivity index (χ3n) is 4.14. The number of carbonyl (C=O) groups excluding carboxylic acids is 1. The zero-order valence-corrected chi connectivity index (χ0v) is 15.1. The third kappa shape index (κ3) is 4.09. The summed E-state index contributed by atoms with van der Waals surface area (Å²) in [6.45, 7) is 3.85. The zero-order valence-electron chi connectivity index (χ0n) is 13.5. The first-order valence-electron chi connectivity index (χ1n) is 8.16. The van der Waals surface area contributed by atoms with E-state index in [-0.39, 0.29) is 5.91 Å². The number of benzene rings is 2. The second-order valence-corrected chi connectivity index (χ2v) is 6.47. The summed E-state index contributed by atoms with van der Waals surface area (Å²) in [5.74, 6) is 1.00. The summed E-state index contributed by atoms with van der Waals surface area (Å²) in [4.78, 5) is 16.7. The van der Waals surface area contributed by atoms with Crippen molar-refractivity contribution in [1.82, 2.24) is 4.90 Å². The molecule has 0 spiro atoms. The van der Waals surface area contributed by atoms with Crippen molar-refractivity contribution in [2.75, 3.05) is 43.0 Å². The van der Waals surface area contributed by atoms with Crippen molar-refractivity contribution in [2.24, 2.45) is 0 Å². The average molecular weight is 389 g/mol. The van der Waals surface area contributed by atoms with Crippen molar-refractivity contribution in [3.8, 4) is 5.75 Å². The lowest BCUT2D eigenvalue weighted by Gasteiger charge is -2.36. The zero-order chi connectivity index (χ0) is 16.8. The Balaban J connectivity index is 1.56. The molecular weight excluding hydrogens is 368 g/mol. The third-order valence-corrected chi connectivity index (χ3v) is 4.46. The van der Waals surface area contributed by atoms with Crippen LogP contribution in [0.1, 0.15) is 10.4 Å². The second-order valence-electron chi connectivity index (χ2n) is 5.68. The molecule has 2 aromatic rings. The van der Waals surface area contributed by atoms with E-state index in [1.54, 1.807) is 0 Å². The summed E-state index contributed by atoms with van der Waals surface area (Å²) in [7, 11) is 0. The molecule has 126 valence electrons. The maximum absolute atomic E-state index is 12.5. The van der Waals surface area contributed by atoms with Crippen molar-refractivity contribution < 1.29 is 9.53 Å². The van der Waals surface area contributed by atoms with Gasteiger partial charge in [-0.1, -0.05) is 34.1 Å². The first-order valence-corrected chi connectivity index (χ1v) is 9.28. The molecule has 1 saturated heterocycles. The average Bonchev–Trinajstić information content (AvgIpc) is 2.67. The van der Waals surface area contributed by atoms with Crippen molar-refractivity contribution in [1.29, 1.82) is 0 Å². The molecule has 0 radical (unpaired) electrons. The van der Waals surface area contributed by atoms with Crippen molar-refractivity contribution in [3.05, 3.63) is 60.2 Å². The Morgan fingerprint density at radius 2 is 1.62 bits per heavy atom. The normalized spacial score (nSPS) is 14.5. The highest BCUT2D eigenvalue weighted by atomic mass is 79.9. The molecule has 0 saturated carbocycles. The molecule has 4 nitrogen and oxygen atoms in total. The van der Waals surface area contributed by atoms with Crippen LogP contribution in [0.15, 0.2) is 54.6 Å². The van der Waals surface area contributed by atoms with Gasteiger partial charge in [-0.2, -0.15) is 0 Å². The fourth-order valence-corrected chi connectivity index (χ4v) is 3.00. The Bertz CT molecular complexity index is 653. The van der Waals surface area contributed by atoms with Crippen molar-refractivity contribution in [3.63, 3.8) is 0 Å². The molecule has 1 heterocycles. The molecule has 0 unspecified atom stereocenters. The van der Waals surface area contributed by atoms with Gasteiger partial charge in [0.05, 0.1) is 6.61 Å². The van der Waals surface area contributed by atoms with Crippen LogP contribution in [0.4, 0.5) is 5.69 Å². The summed E-state index contributed by atoms with van der Waals surface area (Å²) in [6, 6.07) is 17.7. The molecule has 2 aromatic carbocycles. The quantitative estimate of drug-likeness (QED) is 0.735. The Kier molecular flexibility index (Phi) is 5.75. The van der Waals surface area contributed by atoms with Gasteiger partial charge in [-0.15, -0.1) is 0 Å². The summed E-state index contributed by atoms with van der Waals surface area (Å²) < 4.78 is 5.58. The summed E-state index contributed by atoms with van der Waals surface area (Å²) in [5, 5.41) is 0.826. The van der Waals surface area contributed by atoms with E-state index in [2.05, 4.69) is 33.0 Å². The topological polar surface area (TPSA) is 32.8 Å². The van der Waals surface area contributed by atoms with Crippen LogP contribution < -0.4 is 9.64 Å². The number of hydrogen-bond donors (Lipinski definition) is 0. The summed E-state index contributed by atoms with van der Waals surface area (Å²) in [6.07, 6.45) is 0. The summed E-state index contributed by atoms with van der Waals surface area (Å²) >= 11 is 3.35. The van der Waals surface area contributed by atoms with E-state index in [0.29, 0.717) is 6.61 Å². The number of nitrogens with zero attached hydrogens (tertiary/aromatic N) is 2. The number of rotatable bonds is 5. The van der Waals surface area contributed by atoms with Crippen molar-refractivity contribution >= 4 is 27.5 Å². The maximum atomic E-state index is 12.5. The van der Waals surface area contributed by atoms with Gasteiger partial charge in [0.1, 0.15) is 5.75 Å². The van der Waals surface area contributed by atoms with Crippen LogP contribution >= 0.6 is 15.9 Å². The van der Waals surface area contributed by atoms with E-state index < -0.39 is 0 Å². The molecule has 5 heteroatoms. The van der Waals surface area contributed by atoms with Gasteiger partial charge in [-0.05, 0) is 36.4 Å². The molecule has 0 aliphatic carbocycles. The van der Waals surface area contributed by atoms with Crippen molar-refractivity contribution in [2.45, 2.75) is 0 Å². The smallest absolute Gasteiger partial charge is 0.253 e. The van der Waals surface area contributed by atoms with E-state index in [1.165, 1.54) is 5.69 Å². The van der Waals surface area contributed by atoms with Gasteiger partial charge >= 0.3 is 0 Å². The molecule has 0 atom stereocenters. The minimum Gasteiger partial charge on any atom is -0.493 e. The van der Waals surface area contributed by atoms with Crippen LogP contribution in [-0.4, -0.2) is 48.9 Å². The maximum Gasteiger partial charge on any atom is 0.253 e. The lowest BCUT2D eigenvalue weighted by atomic mass is 10.1. The highest BCUT2D eigenvalue weighted by molar-refractivity contribution is 9.09. The molecule has 1 amide bonds. The Morgan fingerprint density at radius 3 is 2.25 bits per heavy atom. The number of alkyl halides is 1. The lowest BCUT2D eigenvalue weighted by molar-refractivity contribution is 0.0747. The van der Waals surface area contributed by atoms with Gasteiger partial charge in [-0.3, -0.25) is 4.79 Å². The predicted octanol–water partition coefficient (Wildman–Crippen LogP) is 3.42. The van der Waals surface area contributed by atoms with Gasteiger partial charge in [0.25, 0.3) is 5.91 Å². The van der Waals surface area contributed by atoms with Crippen LogP contribution in [0, 0.1) is 0 Å². The number of amides is 1. The van der Waals surface area contributed by atoms with E-state index in [0.717, 1.165) is 42.8 Å².